The van der Waals surface area contributed by atoms with Gasteiger partial charge in [0.1, 0.15) is 11.9 Å². The number of carbonyl (C=O) groups is 2. The van der Waals surface area contributed by atoms with Gasteiger partial charge in [0, 0.05) is 31.6 Å². The van der Waals surface area contributed by atoms with Crippen molar-refractivity contribution in [2.24, 2.45) is 0 Å². The number of carbonyl (C=O) groups excluding carboxylic acids is 2. The van der Waals surface area contributed by atoms with Gasteiger partial charge in [-0.2, -0.15) is 0 Å². The second kappa shape index (κ2) is 10.1. The molecule has 2 atom stereocenters. The Hall–Kier alpha value is -2.97. The lowest BCUT2D eigenvalue weighted by atomic mass is 10.0. The summed E-state index contributed by atoms with van der Waals surface area (Å²) in [6.07, 6.45) is 1.45. The smallest absolute Gasteiger partial charge is 0.414 e. The fraction of sp³-hybridized carbons (Fsp3) is 0.417. The van der Waals surface area contributed by atoms with Crippen molar-refractivity contribution >= 4 is 17.7 Å². The highest BCUT2D eigenvalue weighted by Gasteiger charge is 2.32. The van der Waals surface area contributed by atoms with Crippen LogP contribution in [0.2, 0.25) is 0 Å². The first kappa shape index (κ1) is 22.2. The van der Waals surface area contributed by atoms with Crippen molar-refractivity contribution in [3.63, 3.8) is 0 Å². The number of halogens is 1. The first-order valence-corrected chi connectivity index (χ1v) is 11.0. The van der Waals surface area contributed by atoms with Crippen LogP contribution in [0.1, 0.15) is 25.3 Å². The SMILES string of the molecule is CC(=O)NC[C@H]1CN(c2ccc(-c3ccc(CNC[C@H]4CCCN4)cc3)c(F)c2)C(=O)O1. The molecular formula is C24H29FN4O3. The van der Waals surface area contributed by atoms with Gasteiger partial charge >= 0.3 is 6.09 Å². The summed E-state index contributed by atoms with van der Waals surface area (Å²) in [6, 6.07) is 13.1. The highest BCUT2D eigenvalue weighted by molar-refractivity contribution is 5.90. The molecule has 2 saturated heterocycles. The van der Waals surface area contributed by atoms with Crippen molar-refractivity contribution in [3.05, 3.63) is 53.8 Å². The molecule has 0 spiro atoms. The summed E-state index contributed by atoms with van der Waals surface area (Å²) in [5, 5.41) is 9.56. The molecule has 0 aliphatic carbocycles. The van der Waals surface area contributed by atoms with E-state index in [1.807, 2.05) is 24.3 Å². The number of benzene rings is 2. The Morgan fingerprint density at radius 2 is 2.03 bits per heavy atom. The van der Waals surface area contributed by atoms with Crippen LogP contribution in [0.4, 0.5) is 14.9 Å². The second-order valence-corrected chi connectivity index (χ2v) is 8.34. The Bertz CT molecular complexity index is 960. The van der Waals surface area contributed by atoms with Crippen molar-refractivity contribution in [2.75, 3.05) is 31.1 Å². The molecule has 0 unspecified atom stereocenters. The van der Waals surface area contributed by atoms with Crippen LogP contribution in [0.3, 0.4) is 0 Å². The molecule has 0 radical (unpaired) electrons. The lowest BCUT2D eigenvalue weighted by Crippen LogP contribution is -2.33. The number of nitrogens with zero attached hydrogens (tertiary/aromatic N) is 1. The first-order valence-electron chi connectivity index (χ1n) is 11.0. The second-order valence-electron chi connectivity index (χ2n) is 8.34. The fourth-order valence-electron chi connectivity index (χ4n) is 4.13. The molecule has 3 N–H and O–H groups in total. The van der Waals surface area contributed by atoms with Crippen molar-refractivity contribution in [2.45, 2.75) is 38.5 Å². The van der Waals surface area contributed by atoms with E-state index in [0.717, 1.165) is 30.8 Å². The highest BCUT2D eigenvalue weighted by Crippen LogP contribution is 2.29. The quantitative estimate of drug-likeness (QED) is 0.588. The maximum absolute atomic E-state index is 14.9. The first-order chi connectivity index (χ1) is 15.5. The van der Waals surface area contributed by atoms with Crippen LogP contribution >= 0.6 is 0 Å². The van der Waals surface area contributed by atoms with Gasteiger partial charge in [-0.25, -0.2) is 9.18 Å². The molecule has 2 aromatic carbocycles. The van der Waals surface area contributed by atoms with Gasteiger partial charge in [0.15, 0.2) is 0 Å². The van der Waals surface area contributed by atoms with Gasteiger partial charge < -0.3 is 20.7 Å². The number of rotatable bonds is 8. The maximum atomic E-state index is 14.9. The Morgan fingerprint density at radius 1 is 1.22 bits per heavy atom. The summed E-state index contributed by atoms with van der Waals surface area (Å²) < 4.78 is 20.1. The zero-order valence-corrected chi connectivity index (χ0v) is 18.2. The molecule has 2 amide bonds. The van der Waals surface area contributed by atoms with Crippen molar-refractivity contribution in [1.29, 1.82) is 0 Å². The van der Waals surface area contributed by atoms with Gasteiger partial charge in [-0.15, -0.1) is 0 Å². The predicted molar refractivity (Wildman–Crippen MR) is 121 cm³/mol. The van der Waals surface area contributed by atoms with E-state index in [1.165, 1.54) is 30.7 Å². The topological polar surface area (TPSA) is 82.7 Å². The molecule has 2 aliphatic rings. The van der Waals surface area contributed by atoms with E-state index in [9.17, 15) is 14.0 Å². The summed E-state index contributed by atoms with van der Waals surface area (Å²) in [4.78, 5) is 24.6. The molecular weight excluding hydrogens is 411 g/mol. The van der Waals surface area contributed by atoms with Crippen LogP contribution in [0.15, 0.2) is 42.5 Å². The molecule has 0 aromatic heterocycles. The van der Waals surface area contributed by atoms with Gasteiger partial charge in [-0.3, -0.25) is 9.69 Å². The van der Waals surface area contributed by atoms with Crippen LogP contribution < -0.4 is 20.9 Å². The normalized spacial score (nSPS) is 20.4. The Balaban J connectivity index is 1.36. The Morgan fingerprint density at radius 3 is 2.72 bits per heavy atom. The van der Waals surface area contributed by atoms with E-state index in [2.05, 4.69) is 16.0 Å². The molecule has 170 valence electrons. The minimum absolute atomic E-state index is 0.192. The molecule has 8 heteroatoms. The fourth-order valence-corrected chi connectivity index (χ4v) is 4.13. The van der Waals surface area contributed by atoms with Gasteiger partial charge in [0.05, 0.1) is 18.8 Å². The monoisotopic (exact) mass is 440 g/mol. The molecule has 2 aliphatic heterocycles. The molecule has 4 rings (SSSR count). The van der Waals surface area contributed by atoms with E-state index < -0.39 is 18.0 Å². The van der Waals surface area contributed by atoms with Gasteiger partial charge in [-0.1, -0.05) is 24.3 Å². The lowest BCUT2D eigenvalue weighted by molar-refractivity contribution is -0.119. The summed E-state index contributed by atoms with van der Waals surface area (Å²) in [5.74, 6) is -0.596. The number of anilines is 1. The number of nitrogens with one attached hydrogen (secondary N) is 3. The zero-order chi connectivity index (χ0) is 22.5. The number of amides is 2. The van der Waals surface area contributed by atoms with Crippen molar-refractivity contribution in [3.8, 4) is 11.1 Å². The Kier molecular flexibility index (Phi) is 7.02. The standard InChI is InChI=1S/C24H29FN4O3/c1-16(30)28-14-21-15-29(24(31)32-21)20-8-9-22(23(25)11-20)18-6-4-17(5-7-18)12-26-13-19-3-2-10-27-19/h4-9,11,19,21,26-27H,2-3,10,12-15H2,1H3,(H,28,30)/t19-,21+/m1/s1. The van der Waals surface area contributed by atoms with Crippen molar-refractivity contribution < 1.29 is 18.7 Å². The number of hydrogen-bond acceptors (Lipinski definition) is 5. The molecule has 2 heterocycles. The maximum Gasteiger partial charge on any atom is 0.414 e. The van der Waals surface area contributed by atoms with E-state index in [1.54, 1.807) is 12.1 Å². The largest absolute Gasteiger partial charge is 0.442 e. The van der Waals surface area contributed by atoms with E-state index >= 15 is 0 Å². The molecule has 0 bridgehead atoms. The average molecular weight is 441 g/mol. The molecule has 32 heavy (non-hydrogen) atoms. The van der Waals surface area contributed by atoms with Crippen LogP contribution in [0.25, 0.3) is 11.1 Å². The summed E-state index contributed by atoms with van der Waals surface area (Å²) in [6.45, 7) is 4.72. The third-order valence-electron chi connectivity index (χ3n) is 5.86. The van der Waals surface area contributed by atoms with Crippen LogP contribution in [0, 0.1) is 5.82 Å². The van der Waals surface area contributed by atoms with Crippen LogP contribution in [-0.2, 0) is 16.1 Å². The third-order valence-corrected chi connectivity index (χ3v) is 5.86. The minimum Gasteiger partial charge on any atom is -0.442 e. The third kappa shape index (κ3) is 5.44. The van der Waals surface area contributed by atoms with Crippen molar-refractivity contribution in [1.82, 2.24) is 16.0 Å². The van der Waals surface area contributed by atoms with Gasteiger partial charge in [0.2, 0.25) is 5.91 Å². The summed E-state index contributed by atoms with van der Waals surface area (Å²) in [7, 11) is 0. The molecule has 2 aromatic rings. The predicted octanol–water partition coefficient (Wildman–Crippen LogP) is 2.80. The summed E-state index contributed by atoms with van der Waals surface area (Å²) >= 11 is 0. The van der Waals surface area contributed by atoms with E-state index in [-0.39, 0.29) is 19.0 Å². The number of ether oxygens (including phenoxy) is 1. The van der Waals surface area contributed by atoms with E-state index in [4.69, 9.17) is 4.74 Å². The summed E-state index contributed by atoms with van der Waals surface area (Å²) in [5.41, 5.74) is 2.84. The van der Waals surface area contributed by atoms with Crippen LogP contribution in [-0.4, -0.2) is 50.3 Å². The van der Waals surface area contributed by atoms with Gasteiger partial charge in [-0.05, 0) is 48.7 Å². The lowest BCUT2D eigenvalue weighted by Gasteiger charge is -2.15. The Labute approximate surface area is 187 Å². The average Bonchev–Trinajstić information content (AvgIpc) is 3.42. The van der Waals surface area contributed by atoms with E-state index in [0.29, 0.717) is 17.3 Å². The zero-order valence-electron chi connectivity index (χ0n) is 18.2. The molecule has 0 saturated carbocycles. The molecule has 2 fully saturated rings. The van der Waals surface area contributed by atoms with Crippen LogP contribution in [0.5, 0.6) is 0 Å². The highest BCUT2D eigenvalue weighted by atomic mass is 19.1. The number of cyclic esters (lactones) is 1. The molecule has 7 nitrogen and oxygen atoms in total. The number of hydrogen-bond donors (Lipinski definition) is 3. The van der Waals surface area contributed by atoms with Gasteiger partial charge in [0.25, 0.3) is 0 Å². The minimum atomic E-state index is -0.544.